The SMILES string of the molecule is CN=C(NCC(CC(C)C)N1CCOCC1)NCC1(CCOC)CCCC1.I. The van der Waals surface area contributed by atoms with E-state index in [9.17, 15) is 0 Å². The summed E-state index contributed by atoms with van der Waals surface area (Å²) in [5.41, 5.74) is 0.370. The Balaban J connectivity index is 0.00000392. The lowest BCUT2D eigenvalue weighted by Crippen LogP contribution is -2.51. The number of hydrogen-bond acceptors (Lipinski definition) is 4. The van der Waals surface area contributed by atoms with Gasteiger partial charge in [-0.25, -0.2) is 0 Å². The Morgan fingerprint density at radius 3 is 2.43 bits per heavy atom. The number of morpholine rings is 1. The minimum atomic E-state index is 0. The van der Waals surface area contributed by atoms with Crippen LogP contribution in [0.1, 0.15) is 52.4 Å². The molecule has 2 rings (SSSR count). The lowest BCUT2D eigenvalue weighted by Gasteiger charge is -2.36. The smallest absolute Gasteiger partial charge is 0.191 e. The molecular formula is C21H43IN4O2. The number of guanidine groups is 1. The Labute approximate surface area is 189 Å². The van der Waals surface area contributed by atoms with Gasteiger partial charge in [-0.3, -0.25) is 9.89 Å². The van der Waals surface area contributed by atoms with Crippen molar-refractivity contribution in [1.29, 1.82) is 0 Å². The van der Waals surface area contributed by atoms with Crippen molar-refractivity contribution in [2.45, 2.75) is 58.4 Å². The summed E-state index contributed by atoms with van der Waals surface area (Å²) in [5.74, 6) is 1.62. The highest BCUT2D eigenvalue weighted by Gasteiger charge is 2.33. The molecule has 0 amide bonds. The van der Waals surface area contributed by atoms with Gasteiger partial charge < -0.3 is 20.1 Å². The van der Waals surface area contributed by atoms with Gasteiger partial charge >= 0.3 is 0 Å². The molecule has 7 heteroatoms. The van der Waals surface area contributed by atoms with E-state index in [1.807, 2.05) is 7.05 Å². The van der Waals surface area contributed by atoms with Gasteiger partial charge in [0.1, 0.15) is 0 Å². The second-order valence-corrected chi connectivity index (χ2v) is 8.69. The van der Waals surface area contributed by atoms with Gasteiger partial charge in [0.05, 0.1) is 13.2 Å². The first-order valence-corrected chi connectivity index (χ1v) is 10.8. The van der Waals surface area contributed by atoms with Gasteiger partial charge in [-0.2, -0.15) is 0 Å². The molecule has 2 aliphatic rings. The lowest BCUT2D eigenvalue weighted by molar-refractivity contribution is 0.0132. The number of hydrogen-bond donors (Lipinski definition) is 2. The summed E-state index contributed by atoms with van der Waals surface area (Å²) in [6.07, 6.45) is 7.60. The van der Waals surface area contributed by atoms with Crippen molar-refractivity contribution in [1.82, 2.24) is 15.5 Å². The van der Waals surface area contributed by atoms with Gasteiger partial charge in [-0.05, 0) is 37.0 Å². The van der Waals surface area contributed by atoms with Crippen molar-refractivity contribution in [3.63, 3.8) is 0 Å². The maximum Gasteiger partial charge on any atom is 0.191 e. The Kier molecular flexibility index (Phi) is 12.9. The normalized spacial score (nSPS) is 21.4. The van der Waals surface area contributed by atoms with Gasteiger partial charge in [0.25, 0.3) is 0 Å². The monoisotopic (exact) mass is 510 g/mol. The molecule has 0 aromatic heterocycles. The number of ether oxygens (including phenoxy) is 2. The molecule has 1 heterocycles. The van der Waals surface area contributed by atoms with Crippen LogP contribution in [0, 0.1) is 11.3 Å². The molecule has 0 aromatic carbocycles. The number of halogens is 1. The van der Waals surface area contributed by atoms with Crippen LogP contribution >= 0.6 is 24.0 Å². The van der Waals surface area contributed by atoms with Crippen LogP contribution in [0.3, 0.4) is 0 Å². The molecule has 2 N–H and O–H groups in total. The summed E-state index contributed by atoms with van der Waals surface area (Å²) >= 11 is 0. The Morgan fingerprint density at radius 2 is 1.86 bits per heavy atom. The first-order valence-electron chi connectivity index (χ1n) is 10.8. The maximum atomic E-state index is 5.53. The third-order valence-electron chi connectivity index (χ3n) is 6.17. The fourth-order valence-electron chi connectivity index (χ4n) is 4.51. The highest BCUT2D eigenvalue weighted by molar-refractivity contribution is 14.0. The number of methoxy groups -OCH3 is 1. The summed E-state index contributed by atoms with van der Waals surface area (Å²) in [6, 6.07) is 0.529. The minimum absolute atomic E-state index is 0. The van der Waals surface area contributed by atoms with Gasteiger partial charge in [-0.1, -0.05) is 26.7 Å². The maximum absolute atomic E-state index is 5.53. The van der Waals surface area contributed by atoms with E-state index >= 15 is 0 Å². The molecule has 1 unspecified atom stereocenters. The van der Waals surface area contributed by atoms with E-state index in [1.165, 1.54) is 32.1 Å². The van der Waals surface area contributed by atoms with E-state index < -0.39 is 0 Å². The highest BCUT2D eigenvalue weighted by atomic mass is 127. The molecule has 0 radical (unpaired) electrons. The average Bonchev–Trinajstić information content (AvgIpc) is 3.15. The molecule has 1 aliphatic heterocycles. The zero-order chi connectivity index (χ0) is 19.5. The molecule has 1 atom stereocenters. The zero-order valence-electron chi connectivity index (χ0n) is 18.5. The number of rotatable bonds is 10. The van der Waals surface area contributed by atoms with Crippen LogP contribution < -0.4 is 10.6 Å². The quantitative estimate of drug-likeness (QED) is 0.269. The Morgan fingerprint density at radius 1 is 1.18 bits per heavy atom. The lowest BCUT2D eigenvalue weighted by atomic mass is 9.83. The highest BCUT2D eigenvalue weighted by Crippen LogP contribution is 2.40. The van der Waals surface area contributed by atoms with Crippen LogP contribution in [0.25, 0.3) is 0 Å². The third kappa shape index (κ3) is 8.71. The molecule has 1 saturated carbocycles. The zero-order valence-corrected chi connectivity index (χ0v) is 20.8. The van der Waals surface area contributed by atoms with E-state index in [4.69, 9.17) is 9.47 Å². The minimum Gasteiger partial charge on any atom is -0.385 e. The summed E-state index contributed by atoms with van der Waals surface area (Å²) in [4.78, 5) is 7.05. The van der Waals surface area contributed by atoms with Crippen molar-refractivity contribution in [2.75, 3.05) is 60.2 Å². The molecule has 1 saturated heterocycles. The summed E-state index contributed by atoms with van der Waals surface area (Å²) in [5, 5.41) is 7.21. The van der Waals surface area contributed by atoms with Crippen molar-refractivity contribution in [3.8, 4) is 0 Å². The molecule has 28 heavy (non-hydrogen) atoms. The predicted octanol–water partition coefficient (Wildman–Crippen LogP) is 3.11. The van der Waals surface area contributed by atoms with Crippen LogP contribution in [-0.2, 0) is 9.47 Å². The van der Waals surface area contributed by atoms with Crippen molar-refractivity contribution < 1.29 is 9.47 Å². The molecular weight excluding hydrogens is 467 g/mol. The van der Waals surface area contributed by atoms with Crippen LogP contribution in [0.5, 0.6) is 0 Å². The summed E-state index contributed by atoms with van der Waals surface area (Å²) in [6.45, 7) is 11.1. The second kappa shape index (κ2) is 14.0. The topological polar surface area (TPSA) is 58.1 Å². The molecule has 2 fully saturated rings. The number of aliphatic imine (C=N–C) groups is 1. The van der Waals surface area contributed by atoms with E-state index in [1.54, 1.807) is 7.11 Å². The van der Waals surface area contributed by atoms with Crippen LogP contribution in [-0.4, -0.2) is 77.1 Å². The Bertz CT molecular complexity index is 436. The average molecular weight is 511 g/mol. The third-order valence-corrected chi connectivity index (χ3v) is 6.17. The predicted molar refractivity (Wildman–Crippen MR) is 128 cm³/mol. The van der Waals surface area contributed by atoms with E-state index in [-0.39, 0.29) is 24.0 Å². The van der Waals surface area contributed by atoms with Crippen LogP contribution in [0.4, 0.5) is 0 Å². The van der Waals surface area contributed by atoms with E-state index in [2.05, 4.69) is 34.4 Å². The van der Waals surface area contributed by atoms with Gasteiger partial charge in [0, 0.05) is 53.0 Å². The van der Waals surface area contributed by atoms with Crippen molar-refractivity contribution in [2.24, 2.45) is 16.3 Å². The van der Waals surface area contributed by atoms with Crippen molar-refractivity contribution in [3.05, 3.63) is 0 Å². The number of nitrogens with one attached hydrogen (secondary N) is 2. The van der Waals surface area contributed by atoms with Crippen LogP contribution in [0.15, 0.2) is 4.99 Å². The van der Waals surface area contributed by atoms with E-state index in [0.717, 1.165) is 58.4 Å². The Hall–Kier alpha value is -0.120. The van der Waals surface area contributed by atoms with Crippen LogP contribution in [0.2, 0.25) is 0 Å². The van der Waals surface area contributed by atoms with Gasteiger partial charge in [-0.15, -0.1) is 24.0 Å². The fourth-order valence-corrected chi connectivity index (χ4v) is 4.51. The molecule has 6 nitrogen and oxygen atoms in total. The summed E-state index contributed by atoms with van der Waals surface area (Å²) < 4.78 is 10.9. The number of nitrogens with zero attached hydrogens (tertiary/aromatic N) is 2. The van der Waals surface area contributed by atoms with Gasteiger partial charge in [0.2, 0.25) is 0 Å². The summed E-state index contributed by atoms with van der Waals surface area (Å²) in [7, 11) is 3.68. The fraction of sp³-hybridized carbons (Fsp3) is 0.952. The first-order chi connectivity index (χ1) is 13.1. The standard InChI is InChI=1S/C21H42N4O2.HI/c1-18(2)15-19(25-10-13-27-14-11-25)16-23-20(22-3)24-17-21(9-12-26-4)7-5-6-8-21;/h18-19H,5-17H2,1-4H3,(H2,22,23,24);1H. The van der Waals surface area contributed by atoms with E-state index in [0.29, 0.717) is 17.4 Å². The molecule has 1 aliphatic carbocycles. The molecule has 0 spiro atoms. The largest absolute Gasteiger partial charge is 0.385 e. The van der Waals surface area contributed by atoms with Crippen molar-refractivity contribution >= 4 is 29.9 Å². The molecule has 166 valence electrons. The first kappa shape index (κ1) is 25.9. The molecule has 0 bridgehead atoms. The molecule has 0 aromatic rings. The van der Waals surface area contributed by atoms with Gasteiger partial charge in [0.15, 0.2) is 5.96 Å². The second-order valence-electron chi connectivity index (χ2n) is 8.69.